The first-order chi connectivity index (χ1) is 5.24. The van der Waals surface area contributed by atoms with Gasteiger partial charge in [0.25, 0.3) is 0 Å². The largest absolute Gasteiger partial charge is 0.389 e. The maximum Gasteiger partial charge on any atom is 0.0734 e. The van der Waals surface area contributed by atoms with Crippen LogP contribution in [0.3, 0.4) is 0 Å². The van der Waals surface area contributed by atoms with Crippen LogP contribution in [0, 0.1) is 0 Å². The summed E-state index contributed by atoms with van der Waals surface area (Å²) in [7, 11) is 0. The first kappa shape index (κ1) is 8.75. The molecule has 1 atom stereocenters. The topological polar surface area (TPSA) is 23.5 Å². The smallest absolute Gasteiger partial charge is 0.0734 e. The van der Waals surface area contributed by atoms with E-state index in [0.717, 1.165) is 26.1 Å². The summed E-state index contributed by atoms with van der Waals surface area (Å²) in [5, 5.41) is 9.30. The quantitative estimate of drug-likeness (QED) is 0.602. The first-order valence-corrected chi connectivity index (χ1v) is 4.33. The van der Waals surface area contributed by atoms with Gasteiger partial charge in [0.15, 0.2) is 0 Å². The Morgan fingerprint density at radius 2 is 2.45 bits per heavy atom. The third kappa shape index (κ3) is 2.31. The van der Waals surface area contributed by atoms with Crippen molar-refractivity contribution >= 4 is 0 Å². The lowest BCUT2D eigenvalue weighted by Gasteiger charge is -2.26. The Kier molecular flexibility index (Phi) is 3.09. The predicted octanol–water partition coefficient (Wildman–Crippen LogP) is 1.02. The minimum Gasteiger partial charge on any atom is -0.389 e. The van der Waals surface area contributed by atoms with Crippen molar-refractivity contribution in [3.8, 4) is 0 Å². The molecule has 11 heavy (non-hydrogen) atoms. The van der Waals surface area contributed by atoms with E-state index in [-0.39, 0.29) is 6.10 Å². The van der Waals surface area contributed by atoms with E-state index in [4.69, 9.17) is 0 Å². The van der Waals surface area contributed by atoms with Gasteiger partial charge in [0, 0.05) is 13.1 Å². The number of likely N-dealkylation sites (N-methyl/N-ethyl adjacent to an activating group) is 1. The average molecular weight is 155 g/mol. The lowest BCUT2D eigenvalue weighted by molar-refractivity contribution is 0.202. The van der Waals surface area contributed by atoms with Crippen molar-refractivity contribution in [2.75, 3.05) is 19.6 Å². The van der Waals surface area contributed by atoms with Gasteiger partial charge in [-0.2, -0.15) is 0 Å². The van der Waals surface area contributed by atoms with Crippen molar-refractivity contribution in [2.45, 2.75) is 26.4 Å². The SMILES string of the molecule is CCN1CCC=C(C(C)O)C1. The van der Waals surface area contributed by atoms with Crippen LogP contribution in [0.25, 0.3) is 0 Å². The molecule has 0 radical (unpaired) electrons. The fraction of sp³-hybridized carbons (Fsp3) is 0.778. The summed E-state index contributed by atoms with van der Waals surface area (Å²) in [4.78, 5) is 2.35. The van der Waals surface area contributed by atoms with Crippen molar-refractivity contribution < 1.29 is 5.11 Å². The number of rotatable bonds is 2. The zero-order valence-electron chi connectivity index (χ0n) is 7.38. The molecule has 0 aromatic carbocycles. The Bertz CT molecular complexity index is 152. The Labute approximate surface area is 68.5 Å². The van der Waals surface area contributed by atoms with Crippen LogP contribution in [0.4, 0.5) is 0 Å². The third-order valence-corrected chi connectivity index (χ3v) is 2.24. The van der Waals surface area contributed by atoms with E-state index in [1.54, 1.807) is 0 Å². The Balaban J connectivity index is 2.48. The molecule has 0 amide bonds. The van der Waals surface area contributed by atoms with Crippen LogP contribution in [0.15, 0.2) is 11.6 Å². The number of hydrogen-bond acceptors (Lipinski definition) is 2. The van der Waals surface area contributed by atoms with Gasteiger partial charge in [-0.15, -0.1) is 0 Å². The van der Waals surface area contributed by atoms with Gasteiger partial charge in [-0.05, 0) is 25.5 Å². The third-order valence-electron chi connectivity index (χ3n) is 2.24. The fourth-order valence-electron chi connectivity index (χ4n) is 1.41. The summed E-state index contributed by atoms with van der Waals surface area (Å²) in [5.74, 6) is 0. The maximum absolute atomic E-state index is 9.30. The van der Waals surface area contributed by atoms with E-state index in [1.165, 1.54) is 5.57 Å². The molecule has 0 saturated carbocycles. The van der Waals surface area contributed by atoms with Gasteiger partial charge in [0.1, 0.15) is 0 Å². The van der Waals surface area contributed by atoms with Crippen LogP contribution >= 0.6 is 0 Å². The molecule has 0 aromatic heterocycles. The summed E-state index contributed by atoms with van der Waals surface area (Å²) in [6.07, 6.45) is 3.00. The summed E-state index contributed by atoms with van der Waals surface area (Å²) < 4.78 is 0. The monoisotopic (exact) mass is 155 g/mol. The van der Waals surface area contributed by atoms with Gasteiger partial charge in [-0.3, -0.25) is 4.90 Å². The molecule has 1 aliphatic rings. The van der Waals surface area contributed by atoms with Gasteiger partial charge in [0.2, 0.25) is 0 Å². The highest BCUT2D eigenvalue weighted by Gasteiger charge is 2.13. The van der Waals surface area contributed by atoms with Crippen molar-refractivity contribution in [2.24, 2.45) is 0 Å². The van der Waals surface area contributed by atoms with Crippen LogP contribution in [-0.4, -0.2) is 35.7 Å². The molecule has 0 saturated heterocycles. The number of aliphatic hydroxyl groups excluding tert-OH is 1. The number of nitrogens with zero attached hydrogens (tertiary/aromatic N) is 1. The van der Waals surface area contributed by atoms with E-state index in [9.17, 15) is 5.11 Å². The highest BCUT2D eigenvalue weighted by Crippen LogP contribution is 2.12. The van der Waals surface area contributed by atoms with Crippen molar-refractivity contribution in [1.82, 2.24) is 4.90 Å². The normalized spacial score (nSPS) is 23.0. The lowest BCUT2D eigenvalue weighted by Crippen LogP contribution is -2.32. The minimum atomic E-state index is -0.260. The van der Waals surface area contributed by atoms with Crippen molar-refractivity contribution in [3.05, 3.63) is 11.6 Å². The Morgan fingerprint density at radius 1 is 1.73 bits per heavy atom. The molecule has 0 aromatic rings. The number of aliphatic hydroxyl groups is 1. The van der Waals surface area contributed by atoms with Crippen LogP contribution in [0.5, 0.6) is 0 Å². The van der Waals surface area contributed by atoms with E-state index in [0.29, 0.717) is 0 Å². The molecule has 1 rings (SSSR count). The number of hydrogen-bond donors (Lipinski definition) is 1. The molecule has 1 unspecified atom stereocenters. The van der Waals surface area contributed by atoms with Crippen molar-refractivity contribution in [1.29, 1.82) is 0 Å². The molecule has 0 spiro atoms. The van der Waals surface area contributed by atoms with E-state index in [2.05, 4.69) is 17.9 Å². The second-order valence-electron chi connectivity index (χ2n) is 3.11. The summed E-state index contributed by atoms with van der Waals surface area (Å²) in [5.41, 5.74) is 1.18. The molecule has 1 heterocycles. The highest BCUT2D eigenvalue weighted by molar-refractivity contribution is 5.11. The van der Waals surface area contributed by atoms with Crippen LogP contribution in [-0.2, 0) is 0 Å². The minimum absolute atomic E-state index is 0.260. The molecule has 64 valence electrons. The Morgan fingerprint density at radius 3 is 3.00 bits per heavy atom. The molecule has 2 heteroatoms. The zero-order valence-corrected chi connectivity index (χ0v) is 7.38. The lowest BCUT2D eigenvalue weighted by atomic mass is 10.1. The van der Waals surface area contributed by atoms with Gasteiger partial charge in [0.05, 0.1) is 6.10 Å². The fourth-order valence-corrected chi connectivity index (χ4v) is 1.41. The van der Waals surface area contributed by atoms with Gasteiger partial charge in [-0.1, -0.05) is 13.0 Å². The summed E-state index contributed by atoms with van der Waals surface area (Å²) in [6.45, 7) is 7.18. The molecule has 0 fully saturated rings. The maximum atomic E-state index is 9.30. The molecule has 0 aliphatic carbocycles. The van der Waals surface area contributed by atoms with Crippen LogP contribution < -0.4 is 0 Å². The molecule has 1 N–H and O–H groups in total. The zero-order chi connectivity index (χ0) is 8.27. The molecule has 2 nitrogen and oxygen atoms in total. The second kappa shape index (κ2) is 3.88. The highest BCUT2D eigenvalue weighted by atomic mass is 16.3. The second-order valence-corrected chi connectivity index (χ2v) is 3.11. The average Bonchev–Trinajstić information content (AvgIpc) is 2.05. The van der Waals surface area contributed by atoms with Crippen LogP contribution in [0.2, 0.25) is 0 Å². The standard InChI is InChI=1S/C9H17NO/c1-3-10-6-4-5-9(7-10)8(2)11/h5,8,11H,3-4,6-7H2,1-2H3. The van der Waals surface area contributed by atoms with E-state index >= 15 is 0 Å². The summed E-state index contributed by atoms with van der Waals surface area (Å²) >= 11 is 0. The predicted molar refractivity (Wildman–Crippen MR) is 46.5 cm³/mol. The van der Waals surface area contributed by atoms with Gasteiger partial charge < -0.3 is 5.11 Å². The molecular weight excluding hydrogens is 138 g/mol. The van der Waals surface area contributed by atoms with Gasteiger partial charge in [-0.25, -0.2) is 0 Å². The molecule has 1 aliphatic heterocycles. The molecular formula is C9H17NO. The van der Waals surface area contributed by atoms with Gasteiger partial charge >= 0.3 is 0 Å². The van der Waals surface area contributed by atoms with Crippen LogP contribution in [0.1, 0.15) is 20.3 Å². The van der Waals surface area contributed by atoms with E-state index in [1.807, 2.05) is 6.92 Å². The summed E-state index contributed by atoms with van der Waals surface area (Å²) in [6, 6.07) is 0. The molecule has 0 bridgehead atoms. The van der Waals surface area contributed by atoms with Crippen molar-refractivity contribution in [3.63, 3.8) is 0 Å². The van der Waals surface area contributed by atoms with E-state index < -0.39 is 0 Å². The first-order valence-electron chi connectivity index (χ1n) is 4.33. The Hall–Kier alpha value is -0.340.